The topological polar surface area (TPSA) is 119 Å². The summed E-state index contributed by atoms with van der Waals surface area (Å²) in [7, 11) is 1.25. The molecule has 26 heavy (non-hydrogen) atoms. The number of carbonyl (C=O) groups excluding carboxylic acids is 2. The average Bonchev–Trinajstić information content (AvgIpc) is 2.60. The summed E-state index contributed by atoms with van der Waals surface area (Å²) >= 11 is 0. The van der Waals surface area contributed by atoms with Crippen molar-refractivity contribution in [3.63, 3.8) is 0 Å². The summed E-state index contributed by atoms with van der Waals surface area (Å²) in [6.07, 6.45) is 1.64. The van der Waals surface area contributed by atoms with E-state index in [0.29, 0.717) is 41.8 Å². The van der Waals surface area contributed by atoms with Gasteiger partial charge < -0.3 is 9.84 Å². The Morgan fingerprint density at radius 2 is 2.12 bits per heavy atom. The zero-order chi connectivity index (χ0) is 19.0. The number of carbonyl (C=O) groups is 2. The van der Waals surface area contributed by atoms with Crippen LogP contribution in [0.3, 0.4) is 0 Å². The number of hydrogen-bond donors (Lipinski definition) is 1. The fourth-order valence-electron chi connectivity index (χ4n) is 3.68. The van der Waals surface area contributed by atoms with E-state index in [1.165, 1.54) is 25.3 Å². The molecule has 1 aliphatic carbocycles. The maximum absolute atomic E-state index is 12.6. The number of benzene rings is 1. The Balaban J connectivity index is 2.22. The zero-order valence-electron chi connectivity index (χ0n) is 14.4. The van der Waals surface area contributed by atoms with Crippen molar-refractivity contribution in [1.29, 1.82) is 0 Å². The van der Waals surface area contributed by atoms with Crippen molar-refractivity contribution in [1.82, 2.24) is 0 Å². The number of phenols is 1. The first-order valence-electron chi connectivity index (χ1n) is 8.21. The Morgan fingerprint density at radius 1 is 1.38 bits per heavy atom. The molecule has 136 valence electrons. The van der Waals surface area contributed by atoms with Gasteiger partial charge in [0.25, 0.3) is 0 Å². The van der Waals surface area contributed by atoms with Crippen LogP contribution < -0.4 is 0 Å². The molecule has 1 unspecified atom stereocenters. The van der Waals surface area contributed by atoms with Gasteiger partial charge in [-0.25, -0.2) is 0 Å². The van der Waals surface area contributed by atoms with Gasteiger partial charge in [0.1, 0.15) is 5.92 Å². The number of hydrogen-bond acceptors (Lipinski definition) is 7. The Bertz CT molecular complexity index is 870. The molecule has 0 saturated heterocycles. The number of rotatable bonds is 3. The van der Waals surface area contributed by atoms with E-state index in [9.17, 15) is 24.8 Å². The van der Waals surface area contributed by atoms with Crippen LogP contribution in [0.5, 0.6) is 5.75 Å². The van der Waals surface area contributed by atoms with E-state index >= 15 is 0 Å². The van der Waals surface area contributed by atoms with Crippen LogP contribution in [0.15, 0.2) is 34.5 Å². The third kappa shape index (κ3) is 2.87. The lowest BCUT2D eigenvalue weighted by Crippen LogP contribution is -2.36. The number of phenolic OH excluding ortho intramolecular Hbond substituents is 1. The molecule has 0 aromatic heterocycles. The molecule has 1 aromatic carbocycles. The molecular weight excluding hydrogens is 340 g/mol. The Hall–Kier alpha value is -3.03. The molecule has 8 nitrogen and oxygen atoms in total. The van der Waals surface area contributed by atoms with Crippen LogP contribution in [-0.2, 0) is 14.3 Å². The van der Waals surface area contributed by atoms with Crippen LogP contribution in [0.4, 0.5) is 5.69 Å². The number of allylic oxidation sites excluding steroid dienone is 2. The van der Waals surface area contributed by atoms with Crippen molar-refractivity contribution in [3.8, 4) is 5.75 Å². The number of aliphatic imine (C=N–C) groups is 1. The summed E-state index contributed by atoms with van der Waals surface area (Å²) < 4.78 is 4.89. The highest BCUT2D eigenvalue weighted by molar-refractivity contribution is 6.08. The number of methoxy groups -OCH3 is 1. The fourth-order valence-corrected chi connectivity index (χ4v) is 3.68. The van der Waals surface area contributed by atoms with Crippen LogP contribution >= 0.6 is 0 Å². The van der Waals surface area contributed by atoms with Gasteiger partial charge in [0.05, 0.1) is 12.0 Å². The highest BCUT2D eigenvalue weighted by atomic mass is 16.6. The monoisotopic (exact) mass is 358 g/mol. The van der Waals surface area contributed by atoms with E-state index in [1.807, 2.05) is 0 Å². The molecule has 2 aliphatic rings. The minimum atomic E-state index is -0.843. The highest BCUT2D eigenvalue weighted by Gasteiger charge is 2.43. The zero-order valence-corrected chi connectivity index (χ0v) is 14.4. The first-order valence-corrected chi connectivity index (χ1v) is 8.21. The lowest BCUT2D eigenvalue weighted by molar-refractivity contribution is -0.385. The third-order valence-electron chi connectivity index (χ3n) is 4.84. The van der Waals surface area contributed by atoms with Crippen molar-refractivity contribution < 1.29 is 24.4 Å². The fraction of sp³-hybridized carbons (Fsp3) is 0.389. The summed E-state index contributed by atoms with van der Waals surface area (Å²) in [5.74, 6) is -2.71. The van der Waals surface area contributed by atoms with E-state index < -0.39 is 34.2 Å². The van der Waals surface area contributed by atoms with Crippen molar-refractivity contribution in [3.05, 3.63) is 45.1 Å². The maximum Gasteiger partial charge on any atom is 0.315 e. The molecule has 2 atom stereocenters. The first-order chi connectivity index (χ1) is 12.3. The number of nitro benzene ring substituents is 1. The Kier molecular flexibility index (Phi) is 4.58. The molecule has 0 bridgehead atoms. The van der Waals surface area contributed by atoms with Gasteiger partial charge in [-0.05, 0) is 31.4 Å². The lowest BCUT2D eigenvalue weighted by Gasteiger charge is -2.34. The Morgan fingerprint density at radius 3 is 2.77 bits per heavy atom. The van der Waals surface area contributed by atoms with Crippen molar-refractivity contribution in [2.24, 2.45) is 10.9 Å². The van der Waals surface area contributed by atoms with Crippen molar-refractivity contribution >= 4 is 23.2 Å². The predicted molar refractivity (Wildman–Crippen MR) is 92.0 cm³/mol. The molecule has 1 heterocycles. The maximum atomic E-state index is 12.6. The molecule has 0 saturated carbocycles. The van der Waals surface area contributed by atoms with E-state index in [0.717, 1.165) is 0 Å². The van der Waals surface area contributed by atoms with Gasteiger partial charge in [0.15, 0.2) is 11.5 Å². The smallest absolute Gasteiger partial charge is 0.315 e. The quantitative estimate of drug-likeness (QED) is 0.504. The van der Waals surface area contributed by atoms with Gasteiger partial charge in [0.2, 0.25) is 0 Å². The summed E-state index contributed by atoms with van der Waals surface area (Å²) in [6.45, 7) is 1.69. The molecule has 1 aromatic rings. The largest absolute Gasteiger partial charge is 0.502 e. The van der Waals surface area contributed by atoms with E-state index in [4.69, 9.17) is 4.74 Å². The molecule has 0 amide bonds. The second-order valence-electron chi connectivity index (χ2n) is 6.37. The minimum Gasteiger partial charge on any atom is -0.502 e. The molecule has 8 heteroatoms. The summed E-state index contributed by atoms with van der Waals surface area (Å²) in [5.41, 5.74) is 1.47. The number of ketones is 1. The van der Waals surface area contributed by atoms with E-state index in [-0.39, 0.29) is 5.78 Å². The number of Topliss-reactive ketones (excluding diaryl/α,β-unsaturated/α-hetero) is 1. The number of nitrogens with zero attached hydrogens (tertiary/aromatic N) is 2. The average molecular weight is 358 g/mol. The Labute approximate surface area is 149 Å². The third-order valence-corrected chi connectivity index (χ3v) is 4.84. The number of ether oxygens (including phenoxy) is 1. The van der Waals surface area contributed by atoms with E-state index in [2.05, 4.69) is 4.99 Å². The van der Waals surface area contributed by atoms with Crippen LogP contribution in [0, 0.1) is 16.0 Å². The summed E-state index contributed by atoms with van der Waals surface area (Å²) in [4.78, 5) is 39.9. The first kappa shape index (κ1) is 17.8. The second-order valence-corrected chi connectivity index (χ2v) is 6.37. The molecule has 1 aliphatic heterocycles. The molecule has 3 rings (SSSR count). The summed E-state index contributed by atoms with van der Waals surface area (Å²) in [6, 6.07) is 3.91. The van der Waals surface area contributed by atoms with Gasteiger partial charge in [0, 0.05) is 35.4 Å². The summed E-state index contributed by atoms with van der Waals surface area (Å²) in [5, 5.41) is 20.9. The van der Waals surface area contributed by atoms with Gasteiger partial charge in [-0.1, -0.05) is 6.07 Å². The van der Waals surface area contributed by atoms with Gasteiger partial charge in [-0.2, -0.15) is 0 Å². The molecule has 0 radical (unpaired) electrons. The van der Waals surface area contributed by atoms with E-state index in [1.54, 1.807) is 6.92 Å². The molecule has 0 spiro atoms. The molecule has 1 N–H and O–H groups in total. The number of nitro groups is 1. The van der Waals surface area contributed by atoms with Crippen LogP contribution in [0.25, 0.3) is 0 Å². The predicted octanol–water partition coefficient (Wildman–Crippen LogP) is 2.65. The van der Waals surface area contributed by atoms with Crippen LogP contribution in [-0.4, -0.2) is 34.6 Å². The normalized spacial score (nSPS) is 22.5. The lowest BCUT2D eigenvalue weighted by atomic mass is 9.71. The van der Waals surface area contributed by atoms with Gasteiger partial charge in [-0.15, -0.1) is 0 Å². The minimum absolute atomic E-state index is 0.114. The van der Waals surface area contributed by atoms with Crippen LogP contribution in [0.1, 0.15) is 37.7 Å². The number of esters is 1. The van der Waals surface area contributed by atoms with Crippen LogP contribution in [0.2, 0.25) is 0 Å². The highest BCUT2D eigenvalue weighted by Crippen LogP contribution is 2.45. The number of aromatic hydroxyl groups is 1. The van der Waals surface area contributed by atoms with Gasteiger partial charge in [-0.3, -0.25) is 24.7 Å². The molecule has 0 fully saturated rings. The SMILES string of the molecule is COC(=O)C1C(C)=NC2=C(C(=O)CCC2)[C@@H]1c1ccc(O)c([N+](=O)[O-])c1. The van der Waals surface area contributed by atoms with Crippen molar-refractivity contribution in [2.45, 2.75) is 32.1 Å². The standard InChI is InChI=1S/C18H18N2O6/c1-9-15(18(23)26-2)16(17-11(19-9)4-3-5-14(17)22)10-6-7-13(21)12(8-10)20(24)25/h6-8,15-16,21H,3-5H2,1-2H3/t15?,16-/m1/s1. The molecular formula is C18H18N2O6. The second kappa shape index (κ2) is 6.70. The van der Waals surface area contributed by atoms with Crippen molar-refractivity contribution in [2.75, 3.05) is 7.11 Å². The van der Waals surface area contributed by atoms with Gasteiger partial charge >= 0.3 is 11.7 Å².